The van der Waals surface area contributed by atoms with Crippen molar-refractivity contribution >= 4 is 28.9 Å². The van der Waals surface area contributed by atoms with Gasteiger partial charge in [-0.25, -0.2) is 18.2 Å². The van der Waals surface area contributed by atoms with Crippen molar-refractivity contribution in [1.82, 2.24) is 15.5 Å². The summed E-state index contributed by atoms with van der Waals surface area (Å²) in [5.74, 6) is -3.46. The van der Waals surface area contributed by atoms with Crippen LogP contribution in [0.4, 0.5) is 13.2 Å². The highest BCUT2D eigenvalue weighted by Crippen LogP contribution is 2.29. The summed E-state index contributed by atoms with van der Waals surface area (Å²) >= 11 is 6.16. The molecule has 0 aromatic heterocycles. The number of halogens is 4. The number of rotatable bonds is 4. The second-order valence-electron chi connectivity index (χ2n) is 8.32. The van der Waals surface area contributed by atoms with E-state index >= 15 is 0 Å². The van der Waals surface area contributed by atoms with Crippen molar-refractivity contribution < 1.29 is 22.7 Å². The van der Waals surface area contributed by atoms with Crippen molar-refractivity contribution in [3.8, 4) is 5.75 Å². The van der Waals surface area contributed by atoms with Gasteiger partial charge in [0.2, 0.25) is 0 Å². The summed E-state index contributed by atoms with van der Waals surface area (Å²) < 4.78 is 46.3. The van der Waals surface area contributed by atoms with Crippen LogP contribution in [0.3, 0.4) is 0 Å². The Morgan fingerprint density at radius 1 is 1.36 bits per heavy atom. The third-order valence-electron chi connectivity index (χ3n) is 5.68. The van der Waals surface area contributed by atoms with Crippen LogP contribution in [0.25, 0.3) is 0 Å². The molecule has 1 unspecified atom stereocenters. The number of nitrogens with zero attached hydrogens (tertiary/aromatic N) is 2. The number of allylic oxidation sites excluding steroid dienone is 2. The maximum absolute atomic E-state index is 13.9. The van der Waals surface area contributed by atoms with E-state index in [4.69, 9.17) is 21.7 Å². The highest BCUT2D eigenvalue weighted by molar-refractivity contribution is 6.43. The van der Waals surface area contributed by atoms with Crippen LogP contribution in [0.1, 0.15) is 30.6 Å². The Morgan fingerprint density at radius 2 is 2.12 bits per heavy atom. The number of aliphatic imine (C=N–C) groups is 1. The average molecular weight is 482 g/mol. The first-order chi connectivity index (χ1) is 15.5. The van der Waals surface area contributed by atoms with Gasteiger partial charge in [-0.3, -0.25) is 4.79 Å². The summed E-state index contributed by atoms with van der Waals surface area (Å²) in [5.41, 5.74) is 2.16. The fraction of sp³-hybridized carbons (Fsp3) is 0.409. The van der Waals surface area contributed by atoms with E-state index in [2.05, 4.69) is 15.6 Å². The van der Waals surface area contributed by atoms with E-state index in [-0.39, 0.29) is 36.7 Å². The van der Waals surface area contributed by atoms with Crippen LogP contribution >= 0.6 is 11.6 Å². The SMILES string of the molecule is CC1=N/C(=C2\CN(C(=O)c3ccc(F)cc3OCC3CC(F)(F)CN3)CC2=N)NC(C)=C1Cl. The van der Waals surface area contributed by atoms with Gasteiger partial charge in [0.05, 0.1) is 41.7 Å². The Kier molecular flexibility index (Phi) is 6.24. The number of alkyl halides is 2. The van der Waals surface area contributed by atoms with Crippen LogP contribution in [0, 0.1) is 11.2 Å². The molecule has 2 saturated heterocycles. The number of likely N-dealkylation sites (tertiary alicyclic amines) is 1. The zero-order valence-corrected chi connectivity index (χ0v) is 18.8. The lowest BCUT2D eigenvalue weighted by molar-refractivity contribution is 0.0195. The van der Waals surface area contributed by atoms with Crippen molar-refractivity contribution in [2.75, 3.05) is 26.2 Å². The predicted octanol–water partition coefficient (Wildman–Crippen LogP) is 3.42. The minimum absolute atomic E-state index is 0.0279. The molecule has 3 heterocycles. The van der Waals surface area contributed by atoms with Crippen LogP contribution in [0.15, 0.2) is 45.3 Å². The van der Waals surface area contributed by atoms with E-state index in [1.165, 1.54) is 11.0 Å². The van der Waals surface area contributed by atoms with Gasteiger partial charge in [-0.05, 0) is 26.0 Å². The summed E-state index contributed by atoms with van der Waals surface area (Å²) in [5, 5.41) is 14.6. The highest BCUT2D eigenvalue weighted by Gasteiger charge is 2.39. The topological polar surface area (TPSA) is 89.8 Å². The number of amides is 1. The molecule has 0 bridgehead atoms. The molecule has 176 valence electrons. The summed E-state index contributed by atoms with van der Waals surface area (Å²) in [4.78, 5) is 19.0. The fourth-order valence-corrected chi connectivity index (χ4v) is 4.04. The standard InChI is InChI=1S/C22H23ClF3N5O2/c1-11-19(23)12(2)30-20(29-11)16-7-31(8-17(16)27)21(32)15-4-3-13(24)5-18(15)33-9-14-6-22(25,26)10-28-14/h3-5,14,27-29H,6-10H2,1-2H3/b20-16+,27-17?. The van der Waals surface area contributed by atoms with E-state index < -0.39 is 36.7 Å². The van der Waals surface area contributed by atoms with Gasteiger partial charge < -0.3 is 25.7 Å². The van der Waals surface area contributed by atoms with Crippen LogP contribution < -0.4 is 15.4 Å². The van der Waals surface area contributed by atoms with Gasteiger partial charge in [-0.2, -0.15) is 0 Å². The molecule has 0 radical (unpaired) electrons. The maximum atomic E-state index is 13.9. The second kappa shape index (κ2) is 8.83. The monoisotopic (exact) mass is 481 g/mol. The lowest BCUT2D eigenvalue weighted by atomic mass is 10.1. The van der Waals surface area contributed by atoms with Gasteiger partial charge in [-0.1, -0.05) is 11.6 Å². The van der Waals surface area contributed by atoms with Crippen molar-refractivity contribution in [2.45, 2.75) is 32.2 Å². The third-order valence-corrected chi connectivity index (χ3v) is 6.23. The molecule has 1 amide bonds. The predicted molar refractivity (Wildman–Crippen MR) is 119 cm³/mol. The van der Waals surface area contributed by atoms with Gasteiger partial charge >= 0.3 is 0 Å². The second-order valence-corrected chi connectivity index (χ2v) is 8.70. The van der Waals surface area contributed by atoms with E-state index in [9.17, 15) is 18.0 Å². The number of carbonyl (C=O) groups excluding carboxylic acids is 1. The normalized spacial score (nSPS) is 24.8. The first kappa shape index (κ1) is 23.3. The summed E-state index contributed by atoms with van der Waals surface area (Å²) in [7, 11) is 0. The summed E-state index contributed by atoms with van der Waals surface area (Å²) in [6, 6.07) is 2.89. The number of benzene rings is 1. The number of ether oxygens (including phenoxy) is 1. The van der Waals surface area contributed by atoms with Crippen LogP contribution in [0.2, 0.25) is 0 Å². The van der Waals surface area contributed by atoms with Crippen molar-refractivity contribution in [2.24, 2.45) is 4.99 Å². The van der Waals surface area contributed by atoms with Crippen molar-refractivity contribution in [3.05, 3.63) is 51.7 Å². The Morgan fingerprint density at radius 3 is 2.79 bits per heavy atom. The van der Waals surface area contributed by atoms with Crippen molar-refractivity contribution in [1.29, 1.82) is 5.41 Å². The smallest absolute Gasteiger partial charge is 0.261 e. The molecule has 3 aliphatic rings. The third kappa shape index (κ3) is 4.91. The molecular weight excluding hydrogens is 459 g/mol. The van der Waals surface area contributed by atoms with Crippen LogP contribution in [-0.2, 0) is 0 Å². The average Bonchev–Trinajstić information content (AvgIpc) is 3.31. The van der Waals surface area contributed by atoms with Gasteiger partial charge in [0.15, 0.2) is 0 Å². The molecule has 33 heavy (non-hydrogen) atoms. The minimum Gasteiger partial charge on any atom is -0.491 e. The lowest BCUT2D eigenvalue weighted by Crippen LogP contribution is -2.31. The Labute approximate surface area is 193 Å². The fourth-order valence-electron chi connectivity index (χ4n) is 3.95. The number of hydrogen-bond acceptors (Lipinski definition) is 6. The van der Waals surface area contributed by atoms with E-state index in [0.717, 1.165) is 12.1 Å². The molecule has 0 saturated carbocycles. The van der Waals surface area contributed by atoms with Gasteiger partial charge in [0.1, 0.15) is 24.0 Å². The Bertz CT molecular complexity index is 1120. The molecule has 1 atom stereocenters. The van der Waals surface area contributed by atoms with Gasteiger partial charge in [0, 0.05) is 29.8 Å². The zero-order chi connectivity index (χ0) is 23.9. The van der Waals surface area contributed by atoms with E-state index in [1.807, 2.05) is 0 Å². The summed E-state index contributed by atoms with van der Waals surface area (Å²) in [6.45, 7) is 3.13. The number of carbonyl (C=O) groups is 1. The number of hydrogen-bond donors (Lipinski definition) is 3. The minimum atomic E-state index is -2.82. The first-order valence-corrected chi connectivity index (χ1v) is 10.7. The van der Waals surface area contributed by atoms with Crippen molar-refractivity contribution in [3.63, 3.8) is 0 Å². The maximum Gasteiger partial charge on any atom is 0.261 e. The van der Waals surface area contributed by atoms with Gasteiger partial charge in [-0.15, -0.1) is 0 Å². The Balaban J connectivity index is 1.52. The van der Waals surface area contributed by atoms with E-state index in [1.54, 1.807) is 13.8 Å². The molecule has 0 aliphatic carbocycles. The molecule has 1 aromatic carbocycles. The molecule has 0 spiro atoms. The quantitative estimate of drug-likeness (QED) is 0.614. The first-order valence-electron chi connectivity index (χ1n) is 10.4. The molecule has 3 aliphatic heterocycles. The number of nitrogens with one attached hydrogen (secondary N) is 3. The van der Waals surface area contributed by atoms with Gasteiger partial charge in [0.25, 0.3) is 11.8 Å². The van der Waals surface area contributed by atoms with E-state index in [0.29, 0.717) is 27.8 Å². The molecule has 1 aromatic rings. The Hall–Kier alpha value is -2.85. The highest BCUT2D eigenvalue weighted by atomic mass is 35.5. The van der Waals surface area contributed by atoms with Crippen LogP contribution in [-0.4, -0.2) is 60.4 Å². The largest absolute Gasteiger partial charge is 0.491 e. The molecular formula is C22H23ClF3N5O2. The lowest BCUT2D eigenvalue weighted by Gasteiger charge is -2.20. The van der Waals surface area contributed by atoms with Crippen LogP contribution in [0.5, 0.6) is 5.75 Å². The summed E-state index contributed by atoms with van der Waals surface area (Å²) in [6.07, 6.45) is -0.392. The molecule has 4 rings (SSSR count). The molecule has 7 nitrogen and oxygen atoms in total. The molecule has 2 fully saturated rings. The molecule has 11 heteroatoms. The zero-order valence-electron chi connectivity index (χ0n) is 18.1. The molecule has 3 N–H and O–H groups in total.